The zero-order chi connectivity index (χ0) is 33.4. The number of benzene rings is 2. The largest absolute Gasteiger partial charge is 0.497 e. The van der Waals surface area contributed by atoms with E-state index < -0.39 is 11.5 Å². The van der Waals surface area contributed by atoms with Gasteiger partial charge in [-0.25, -0.2) is 0 Å². The number of ether oxygens (including phenoxy) is 4. The van der Waals surface area contributed by atoms with Crippen LogP contribution in [0.3, 0.4) is 0 Å². The Morgan fingerprint density at radius 2 is 1.87 bits per heavy atom. The number of nitrogens with zero attached hydrogens (tertiary/aromatic N) is 2. The second-order valence-electron chi connectivity index (χ2n) is 13.5. The average Bonchev–Trinajstić information content (AvgIpc) is 3.06. The monoisotopic (exact) mass is 638 g/mol. The van der Waals surface area contributed by atoms with Crippen LogP contribution < -0.4 is 25.4 Å². The van der Waals surface area contributed by atoms with Crippen molar-refractivity contribution in [2.75, 3.05) is 59.0 Å². The Morgan fingerprint density at radius 1 is 1.13 bits per heavy atom. The molecule has 2 aromatic carbocycles. The third-order valence-electron chi connectivity index (χ3n) is 9.43. The van der Waals surface area contributed by atoms with Crippen LogP contribution in [0.15, 0.2) is 42.5 Å². The fourth-order valence-electron chi connectivity index (χ4n) is 6.62. The van der Waals surface area contributed by atoms with E-state index in [0.29, 0.717) is 39.2 Å². The molecule has 0 bridgehead atoms. The zero-order valence-electron chi connectivity index (χ0n) is 28.7. The van der Waals surface area contributed by atoms with Gasteiger partial charge in [-0.3, -0.25) is 9.59 Å². The van der Waals surface area contributed by atoms with Crippen molar-refractivity contribution in [3.63, 3.8) is 0 Å². The van der Waals surface area contributed by atoms with Crippen LogP contribution in [0.2, 0.25) is 0 Å². The van der Waals surface area contributed by atoms with Gasteiger partial charge in [0.1, 0.15) is 18.1 Å². The molecule has 2 aliphatic rings. The molecule has 0 aliphatic carbocycles. The molecule has 4 rings (SSSR count). The van der Waals surface area contributed by atoms with E-state index in [1.54, 1.807) is 21.3 Å². The second kappa shape index (κ2) is 16.0. The summed E-state index contributed by atoms with van der Waals surface area (Å²) in [6.45, 7) is 11.6. The summed E-state index contributed by atoms with van der Waals surface area (Å²) in [6.07, 6.45) is 1.79. The molecule has 2 aromatic rings. The minimum Gasteiger partial charge on any atom is -0.497 e. The molecule has 2 amide bonds. The van der Waals surface area contributed by atoms with E-state index in [2.05, 4.69) is 34.5 Å². The summed E-state index contributed by atoms with van der Waals surface area (Å²) in [7, 11) is 5.03. The standard InChI is InChI=1S/C36H54N4O6/c1-24(2)33(37)34(41)40-22-32(46-23-25-9-14-31-30(19-25)39(16-18-45-31)15-8-17-43-6)29(26-10-12-28(44-7)13-11-26)20-27(40)21-36(3,4)35(42)38-5/h9-14,19,24,27,29,32-33H,8,15-18,20-23,37H2,1-7H3,(H,38,42)/t27-,29+,32-,33-/m0/s1. The SMILES string of the molecule is CNC(=O)C(C)(C)C[C@@H]1C[C@H](c2ccc(OC)cc2)[C@@H](OCc2ccc3c(c2)N(CCCOC)CCO3)CN1C(=O)[C@@H](N)C(C)C. The predicted molar refractivity (Wildman–Crippen MR) is 180 cm³/mol. The first-order chi connectivity index (χ1) is 22.0. The number of amides is 2. The Bertz CT molecular complexity index is 1300. The van der Waals surface area contributed by atoms with Gasteiger partial charge in [0.25, 0.3) is 0 Å². The van der Waals surface area contributed by atoms with Gasteiger partial charge in [0.2, 0.25) is 11.8 Å². The third kappa shape index (κ3) is 8.52. The number of carbonyl (C=O) groups is 2. The molecular formula is C36H54N4O6. The van der Waals surface area contributed by atoms with Crippen molar-refractivity contribution in [2.24, 2.45) is 17.1 Å². The summed E-state index contributed by atoms with van der Waals surface area (Å²) >= 11 is 0. The number of hydrogen-bond acceptors (Lipinski definition) is 8. The maximum Gasteiger partial charge on any atom is 0.240 e. The highest BCUT2D eigenvalue weighted by molar-refractivity contribution is 5.83. The fraction of sp³-hybridized carbons (Fsp3) is 0.611. The molecule has 1 fully saturated rings. The summed E-state index contributed by atoms with van der Waals surface area (Å²) in [4.78, 5) is 31.0. The van der Waals surface area contributed by atoms with E-state index in [1.807, 2.05) is 50.8 Å². The van der Waals surface area contributed by atoms with Gasteiger partial charge >= 0.3 is 0 Å². The summed E-state index contributed by atoms with van der Waals surface area (Å²) in [5.41, 5.74) is 8.99. The van der Waals surface area contributed by atoms with E-state index in [0.717, 1.165) is 47.8 Å². The van der Waals surface area contributed by atoms with E-state index in [-0.39, 0.29) is 35.8 Å². The third-order valence-corrected chi connectivity index (χ3v) is 9.43. The highest BCUT2D eigenvalue weighted by Crippen LogP contribution is 2.40. The predicted octanol–water partition coefficient (Wildman–Crippen LogP) is 4.35. The number of likely N-dealkylation sites (tertiary alicyclic amines) is 1. The molecule has 1 saturated heterocycles. The summed E-state index contributed by atoms with van der Waals surface area (Å²) in [5, 5.41) is 2.80. The van der Waals surface area contributed by atoms with Crippen molar-refractivity contribution in [2.45, 2.75) is 77.7 Å². The highest BCUT2D eigenvalue weighted by Gasteiger charge is 2.44. The quantitative estimate of drug-likeness (QED) is 0.294. The van der Waals surface area contributed by atoms with Gasteiger partial charge in [0.15, 0.2) is 0 Å². The minimum atomic E-state index is -0.682. The molecule has 0 unspecified atom stereocenters. The summed E-state index contributed by atoms with van der Waals surface area (Å²) in [5.74, 6) is 1.46. The van der Waals surface area contributed by atoms with Crippen LogP contribution in [0, 0.1) is 11.3 Å². The molecule has 0 saturated carbocycles. The molecule has 46 heavy (non-hydrogen) atoms. The molecule has 10 heteroatoms. The van der Waals surface area contributed by atoms with Gasteiger partial charge in [-0.05, 0) is 60.6 Å². The normalized spacial score (nSPS) is 20.6. The minimum absolute atomic E-state index is 0.0118. The van der Waals surface area contributed by atoms with Crippen molar-refractivity contribution in [3.8, 4) is 11.5 Å². The Hall–Kier alpha value is -3.34. The lowest BCUT2D eigenvalue weighted by Gasteiger charge is -2.47. The van der Waals surface area contributed by atoms with Gasteiger partial charge in [-0.1, -0.05) is 45.9 Å². The number of nitrogens with two attached hydrogens (primary N) is 1. The van der Waals surface area contributed by atoms with Gasteiger partial charge < -0.3 is 39.8 Å². The first kappa shape index (κ1) is 35.5. The van der Waals surface area contributed by atoms with Crippen LogP contribution in [0.4, 0.5) is 5.69 Å². The zero-order valence-corrected chi connectivity index (χ0v) is 28.7. The van der Waals surface area contributed by atoms with E-state index in [4.69, 9.17) is 24.7 Å². The van der Waals surface area contributed by atoms with Crippen LogP contribution in [0.25, 0.3) is 0 Å². The number of anilines is 1. The maximum atomic E-state index is 13.9. The molecule has 4 atom stereocenters. The number of nitrogens with one attached hydrogen (secondary N) is 1. The lowest BCUT2D eigenvalue weighted by molar-refractivity contribution is -0.146. The molecule has 0 aromatic heterocycles. The van der Waals surface area contributed by atoms with Gasteiger partial charge in [0, 0.05) is 51.2 Å². The molecule has 2 aliphatic heterocycles. The number of methoxy groups -OCH3 is 2. The van der Waals surface area contributed by atoms with Crippen LogP contribution in [-0.4, -0.2) is 89.0 Å². The van der Waals surface area contributed by atoms with Crippen molar-refractivity contribution in [1.29, 1.82) is 0 Å². The number of hydrogen-bond donors (Lipinski definition) is 2. The molecule has 10 nitrogen and oxygen atoms in total. The summed E-state index contributed by atoms with van der Waals surface area (Å²) in [6, 6.07) is 13.5. The number of rotatable bonds is 14. The number of fused-ring (bicyclic) bond motifs is 1. The van der Waals surface area contributed by atoms with Crippen molar-refractivity contribution >= 4 is 17.5 Å². The van der Waals surface area contributed by atoms with Crippen LogP contribution >= 0.6 is 0 Å². The Balaban J connectivity index is 1.64. The average molecular weight is 639 g/mol. The molecule has 0 radical (unpaired) electrons. The Kier molecular flexibility index (Phi) is 12.3. The maximum absolute atomic E-state index is 13.9. The Labute approximate surface area is 274 Å². The molecule has 0 spiro atoms. The van der Waals surface area contributed by atoms with Crippen LogP contribution in [0.1, 0.15) is 64.0 Å². The molecule has 3 N–H and O–H groups in total. The first-order valence-electron chi connectivity index (χ1n) is 16.5. The molecular weight excluding hydrogens is 584 g/mol. The van der Waals surface area contributed by atoms with Gasteiger partial charge in [-0.15, -0.1) is 0 Å². The van der Waals surface area contributed by atoms with Crippen LogP contribution in [0.5, 0.6) is 11.5 Å². The summed E-state index contributed by atoms with van der Waals surface area (Å²) < 4.78 is 23.4. The van der Waals surface area contributed by atoms with Crippen LogP contribution in [-0.2, 0) is 25.7 Å². The molecule has 254 valence electrons. The fourth-order valence-corrected chi connectivity index (χ4v) is 6.62. The van der Waals surface area contributed by atoms with E-state index >= 15 is 0 Å². The lowest BCUT2D eigenvalue weighted by atomic mass is 9.76. The first-order valence-corrected chi connectivity index (χ1v) is 16.5. The smallest absolute Gasteiger partial charge is 0.240 e. The highest BCUT2D eigenvalue weighted by atomic mass is 16.5. The number of piperidine rings is 1. The van der Waals surface area contributed by atoms with E-state index in [9.17, 15) is 9.59 Å². The van der Waals surface area contributed by atoms with E-state index in [1.165, 1.54) is 0 Å². The van der Waals surface area contributed by atoms with Crippen molar-refractivity contribution in [1.82, 2.24) is 10.2 Å². The topological polar surface area (TPSA) is 116 Å². The molecule has 2 heterocycles. The Morgan fingerprint density at radius 3 is 2.52 bits per heavy atom. The van der Waals surface area contributed by atoms with Crippen molar-refractivity contribution < 1.29 is 28.5 Å². The lowest BCUT2D eigenvalue weighted by Crippen LogP contribution is -2.58. The van der Waals surface area contributed by atoms with Crippen molar-refractivity contribution in [3.05, 3.63) is 53.6 Å². The van der Waals surface area contributed by atoms with Gasteiger partial charge in [0.05, 0.1) is 38.1 Å². The number of carbonyl (C=O) groups excluding carboxylic acids is 2. The van der Waals surface area contributed by atoms with Gasteiger partial charge in [-0.2, -0.15) is 0 Å². The second-order valence-corrected chi connectivity index (χ2v) is 13.5.